The quantitative estimate of drug-likeness (QED) is 0.812. The van der Waals surface area contributed by atoms with Crippen LogP contribution < -0.4 is 4.74 Å². The van der Waals surface area contributed by atoms with Gasteiger partial charge in [-0.2, -0.15) is 0 Å². The maximum Gasteiger partial charge on any atom is 0.452 e. The maximum atomic E-state index is 9.00. The Morgan fingerprint density at radius 3 is 2.44 bits per heavy atom. The molecule has 0 aliphatic carbocycles. The molecular formula is C14H17BO3. The predicted molar refractivity (Wildman–Crippen MR) is 73.9 cm³/mol. The van der Waals surface area contributed by atoms with Crippen molar-refractivity contribution in [2.45, 2.75) is 19.2 Å². The first-order valence-corrected chi connectivity index (χ1v) is 6.04. The Bertz CT molecular complexity index is 540. The number of methoxy groups -OCH3 is 1. The highest BCUT2D eigenvalue weighted by atomic mass is 16.5. The third-order valence-electron chi connectivity index (χ3n) is 3.20. The molecule has 0 unspecified atom stereocenters. The zero-order valence-corrected chi connectivity index (χ0v) is 10.6. The third-order valence-corrected chi connectivity index (χ3v) is 3.20. The van der Waals surface area contributed by atoms with Gasteiger partial charge in [-0.05, 0) is 40.7 Å². The Kier molecular flexibility index (Phi) is 3.89. The van der Waals surface area contributed by atoms with Crippen molar-refractivity contribution in [1.29, 1.82) is 0 Å². The molecule has 0 bridgehead atoms. The minimum atomic E-state index is -1.26. The van der Waals surface area contributed by atoms with Gasteiger partial charge in [0.2, 0.25) is 0 Å². The summed E-state index contributed by atoms with van der Waals surface area (Å²) in [5, 5.41) is 20.3. The van der Waals surface area contributed by atoms with E-state index in [9.17, 15) is 0 Å². The molecule has 3 nitrogen and oxygen atoms in total. The van der Waals surface area contributed by atoms with Crippen molar-refractivity contribution >= 4 is 17.9 Å². The molecule has 1 atom stereocenters. The Labute approximate surface area is 107 Å². The van der Waals surface area contributed by atoms with Crippen LogP contribution in [0.15, 0.2) is 36.4 Å². The smallest absolute Gasteiger partial charge is 0.452 e. The minimum Gasteiger partial charge on any atom is -0.497 e. The molecule has 0 radical (unpaired) electrons. The number of ether oxygens (including phenoxy) is 1. The summed E-state index contributed by atoms with van der Waals surface area (Å²) in [6.07, 6.45) is 0.349. The van der Waals surface area contributed by atoms with E-state index in [1.54, 1.807) is 7.11 Å². The third kappa shape index (κ3) is 2.83. The highest BCUT2D eigenvalue weighted by Gasteiger charge is 2.14. The van der Waals surface area contributed by atoms with Crippen molar-refractivity contribution in [3.05, 3.63) is 42.0 Å². The second-order valence-corrected chi connectivity index (χ2v) is 4.59. The summed E-state index contributed by atoms with van der Waals surface area (Å²) in [6, 6.07) is 12.1. The van der Waals surface area contributed by atoms with E-state index in [-0.39, 0.29) is 5.92 Å². The molecule has 0 saturated heterocycles. The number of hydrogen-bond acceptors (Lipinski definition) is 3. The summed E-state index contributed by atoms with van der Waals surface area (Å²) < 4.78 is 5.19. The molecule has 0 aliphatic heterocycles. The first-order chi connectivity index (χ1) is 8.60. The Morgan fingerprint density at radius 1 is 1.11 bits per heavy atom. The monoisotopic (exact) mass is 244 g/mol. The van der Waals surface area contributed by atoms with Gasteiger partial charge in [-0.3, -0.25) is 0 Å². The molecule has 0 amide bonds. The van der Waals surface area contributed by atoms with Gasteiger partial charge >= 0.3 is 7.12 Å². The van der Waals surface area contributed by atoms with Crippen molar-refractivity contribution in [3.8, 4) is 5.75 Å². The fourth-order valence-electron chi connectivity index (χ4n) is 2.13. The van der Waals surface area contributed by atoms with Gasteiger partial charge in [-0.1, -0.05) is 31.2 Å². The van der Waals surface area contributed by atoms with Crippen molar-refractivity contribution < 1.29 is 14.8 Å². The molecule has 0 heterocycles. The van der Waals surface area contributed by atoms with E-state index in [2.05, 4.69) is 6.07 Å². The standard InChI is InChI=1S/C14H17BO3/c1-10(9-15(16)17)11-3-4-13-8-14(18-2)6-5-12(13)7-11/h3-8,10,16-17H,9H2,1-2H3/t10-/m1/s1. The summed E-state index contributed by atoms with van der Waals surface area (Å²) in [6.45, 7) is 1.99. The van der Waals surface area contributed by atoms with Crippen molar-refractivity contribution in [1.82, 2.24) is 0 Å². The Morgan fingerprint density at radius 2 is 1.78 bits per heavy atom. The average molecular weight is 244 g/mol. The van der Waals surface area contributed by atoms with Gasteiger partial charge in [-0.15, -0.1) is 0 Å². The first-order valence-electron chi connectivity index (χ1n) is 6.04. The fourth-order valence-corrected chi connectivity index (χ4v) is 2.13. The van der Waals surface area contributed by atoms with Gasteiger partial charge in [0.25, 0.3) is 0 Å². The number of hydrogen-bond donors (Lipinski definition) is 2. The van der Waals surface area contributed by atoms with Crippen LogP contribution in [-0.4, -0.2) is 24.3 Å². The zero-order chi connectivity index (χ0) is 13.1. The topological polar surface area (TPSA) is 49.7 Å². The fraction of sp³-hybridized carbons (Fsp3) is 0.286. The van der Waals surface area contributed by atoms with E-state index in [4.69, 9.17) is 14.8 Å². The van der Waals surface area contributed by atoms with E-state index < -0.39 is 7.12 Å². The van der Waals surface area contributed by atoms with Crippen LogP contribution in [0.25, 0.3) is 10.8 Å². The average Bonchev–Trinajstić information content (AvgIpc) is 2.36. The van der Waals surface area contributed by atoms with E-state index in [1.165, 1.54) is 0 Å². The van der Waals surface area contributed by atoms with Crippen molar-refractivity contribution in [2.75, 3.05) is 7.11 Å². The molecule has 2 aromatic carbocycles. The second kappa shape index (κ2) is 5.42. The molecule has 0 spiro atoms. The molecule has 0 saturated carbocycles. The molecular weight excluding hydrogens is 227 g/mol. The molecule has 2 N–H and O–H groups in total. The van der Waals surface area contributed by atoms with Crippen LogP contribution in [-0.2, 0) is 0 Å². The van der Waals surface area contributed by atoms with E-state index in [0.717, 1.165) is 22.1 Å². The lowest BCUT2D eigenvalue weighted by atomic mass is 9.76. The molecule has 0 aliphatic rings. The summed E-state index contributed by atoms with van der Waals surface area (Å²) in [4.78, 5) is 0. The molecule has 0 aromatic heterocycles. The number of benzene rings is 2. The van der Waals surface area contributed by atoms with Crippen LogP contribution in [0.2, 0.25) is 6.32 Å². The molecule has 2 aromatic rings. The van der Waals surface area contributed by atoms with Gasteiger partial charge in [-0.25, -0.2) is 0 Å². The van der Waals surface area contributed by atoms with Gasteiger partial charge in [0, 0.05) is 0 Å². The van der Waals surface area contributed by atoms with Crippen LogP contribution >= 0.6 is 0 Å². The van der Waals surface area contributed by atoms with Crippen LogP contribution in [0.4, 0.5) is 0 Å². The summed E-state index contributed by atoms with van der Waals surface area (Å²) in [7, 11) is 0.395. The summed E-state index contributed by atoms with van der Waals surface area (Å²) in [5.41, 5.74) is 1.11. The normalized spacial score (nSPS) is 12.4. The molecule has 18 heavy (non-hydrogen) atoms. The second-order valence-electron chi connectivity index (χ2n) is 4.59. The maximum absolute atomic E-state index is 9.00. The van der Waals surface area contributed by atoms with Gasteiger partial charge < -0.3 is 14.8 Å². The molecule has 0 fully saturated rings. The molecule has 4 heteroatoms. The highest BCUT2D eigenvalue weighted by molar-refractivity contribution is 6.41. The highest BCUT2D eigenvalue weighted by Crippen LogP contribution is 2.26. The Hall–Kier alpha value is -1.52. The summed E-state index contributed by atoms with van der Waals surface area (Å²) in [5.74, 6) is 0.964. The number of fused-ring (bicyclic) bond motifs is 1. The van der Waals surface area contributed by atoms with Gasteiger partial charge in [0.15, 0.2) is 0 Å². The Balaban J connectivity index is 2.33. The van der Waals surface area contributed by atoms with Crippen LogP contribution in [0, 0.1) is 0 Å². The van der Waals surface area contributed by atoms with Gasteiger partial charge in [0.1, 0.15) is 5.75 Å². The number of rotatable bonds is 4. The predicted octanol–water partition coefficient (Wildman–Crippen LogP) is 2.42. The van der Waals surface area contributed by atoms with Crippen molar-refractivity contribution in [3.63, 3.8) is 0 Å². The largest absolute Gasteiger partial charge is 0.497 e. The summed E-state index contributed by atoms with van der Waals surface area (Å²) >= 11 is 0. The molecule has 2 rings (SSSR count). The van der Waals surface area contributed by atoms with Crippen LogP contribution in [0.5, 0.6) is 5.75 Å². The minimum absolute atomic E-state index is 0.122. The van der Waals surface area contributed by atoms with E-state index in [1.807, 2.05) is 37.3 Å². The van der Waals surface area contributed by atoms with Gasteiger partial charge in [0.05, 0.1) is 7.11 Å². The lowest BCUT2D eigenvalue weighted by Crippen LogP contribution is -2.13. The SMILES string of the molecule is COc1ccc2cc([C@H](C)CB(O)O)ccc2c1. The van der Waals surface area contributed by atoms with E-state index >= 15 is 0 Å². The van der Waals surface area contributed by atoms with Crippen molar-refractivity contribution in [2.24, 2.45) is 0 Å². The lowest BCUT2D eigenvalue weighted by molar-refractivity contribution is 0.400. The first kappa shape index (κ1) is 12.9. The lowest BCUT2D eigenvalue weighted by Gasteiger charge is -2.12. The van der Waals surface area contributed by atoms with Crippen LogP contribution in [0.3, 0.4) is 0 Å². The zero-order valence-electron chi connectivity index (χ0n) is 10.6. The molecule has 94 valence electrons. The van der Waals surface area contributed by atoms with Crippen LogP contribution in [0.1, 0.15) is 18.4 Å². The van der Waals surface area contributed by atoms with E-state index in [0.29, 0.717) is 6.32 Å².